The van der Waals surface area contributed by atoms with E-state index in [1.54, 1.807) is 39.0 Å². The summed E-state index contributed by atoms with van der Waals surface area (Å²) in [4.78, 5) is 52.0. The Morgan fingerprint density at radius 2 is 1.73 bits per heavy atom. The van der Waals surface area contributed by atoms with Crippen molar-refractivity contribution in [1.29, 1.82) is 0 Å². The van der Waals surface area contributed by atoms with Crippen molar-refractivity contribution < 1.29 is 37.1 Å². The first-order valence-corrected chi connectivity index (χ1v) is 13.8. The zero-order valence-corrected chi connectivity index (χ0v) is 23.3. The van der Waals surface area contributed by atoms with E-state index in [0.717, 1.165) is 23.2 Å². The number of rotatable bonds is 9. The molecule has 11 heteroatoms. The first-order valence-electron chi connectivity index (χ1n) is 13.8. The average molecular weight is 575 g/mol. The van der Waals surface area contributed by atoms with Crippen LogP contribution in [0.25, 0.3) is 0 Å². The molecule has 0 aromatic heterocycles. The minimum atomic E-state index is -1.35. The van der Waals surface area contributed by atoms with Crippen LogP contribution in [-0.2, 0) is 27.2 Å². The Balaban J connectivity index is 1.54. The number of nitrogens with one attached hydrogen (secondary N) is 2. The van der Waals surface area contributed by atoms with Crippen LogP contribution in [-0.4, -0.2) is 46.8 Å². The smallest absolute Gasteiger partial charge is 0.407 e. The topological polar surface area (TPSA) is 105 Å². The van der Waals surface area contributed by atoms with E-state index in [4.69, 9.17) is 4.74 Å². The molecule has 220 valence electrons. The molecule has 3 atom stereocenters. The lowest BCUT2D eigenvalue weighted by molar-refractivity contribution is -0.594. The molecule has 1 fully saturated rings. The fraction of sp³-hybridized carbons (Fsp3) is 0.500. The molecule has 0 spiro atoms. The van der Waals surface area contributed by atoms with Crippen LogP contribution in [0.5, 0.6) is 0 Å². The van der Waals surface area contributed by atoms with Gasteiger partial charge >= 0.3 is 6.09 Å². The highest BCUT2D eigenvalue weighted by Gasteiger charge is 2.41. The van der Waals surface area contributed by atoms with E-state index in [1.807, 2.05) is 6.07 Å². The van der Waals surface area contributed by atoms with Gasteiger partial charge in [0.05, 0.1) is 12.3 Å². The van der Waals surface area contributed by atoms with Crippen molar-refractivity contribution in [3.8, 4) is 0 Å². The number of hydrogen-bond donors (Lipinski definition) is 2. The first kappa shape index (κ1) is 30.2. The number of carbonyl (C=O) groups is 3. The van der Waals surface area contributed by atoms with Crippen LogP contribution in [0.3, 0.4) is 0 Å². The molecule has 1 aliphatic carbocycles. The summed E-state index contributed by atoms with van der Waals surface area (Å²) in [7, 11) is 0. The Kier molecular flexibility index (Phi) is 9.14. The molecule has 2 N–H and O–H groups in total. The minimum Gasteiger partial charge on any atom is -0.444 e. The summed E-state index contributed by atoms with van der Waals surface area (Å²) < 4.78 is 47.9. The zero-order chi connectivity index (χ0) is 29.9. The van der Waals surface area contributed by atoms with Gasteiger partial charge in [-0.05, 0) is 63.6 Å². The SMILES string of the molecule is CC(C)(C)OC(=O)NC(CC(=O)C1Cc2ccccc2C(CC(=O)NC2CC2)[N+](=O)C1)Cc1cc(F)c(F)cc1F. The van der Waals surface area contributed by atoms with Gasteiger partial charge in [0.15, 0.2) is 11.6 Å². The van der Waals surface area contributed by atoms with E-state index in [9.17, 15) is 32.5 Å². The molecule has 4 rings (SSSR count). The Morgan fingerprint density at radius 3 is 2.41 bits per heavy atom. The summed E-state index contributed by atoms with van der Waals surface area (Å²) in [6, 6.07) is 6.61. The van der Waals surface area contributed by atoms with Crippen LogP contribution in [0.2, 0.25) is 0 Å². The summed E-state index contributed by atoms with van der Waals surface area (Å²) in [5, 5.41) is 5.45. The summed E-state index contributed by atoms with van der Waals surface area (Å²) in [6.07, 6.45) is 0.517. The number of ketones is 1. The second-order valence-corrected chi connectivity index (χ2v) is 11.8. The number of nitroso groups, excluding NO2 is 1. The molecule has 2 aromatic rings. The zero-order valence-electron chi connectivity index (χ0n) is 23.3. The number of benzene rings is 2. The number of nitrogens with zero attached hydrogens (tertiary/aromatic N) is 1. The van der Waals surface area contributed by atoms with E-state index < -0.39 is 47.1 Å². The molecular weight excluding hydrogens is 539 g/mol. The van der Waals surface area contributed by atoms with E-state index in [1.165, 1.54) is 0 Å². The van der Waals surface area contributed by atoms with E-state index in [2.05, 4.69) is 10.6 Å². The summed E-state index contributed by atoms with van der Waals surface area (Å²) in [6.45, 7) is 4.76. The van der Waals surface area contributed by atoms with Gasteiger partial charge in [0.2, 0.25) is 18.5 Å². The van der Waals surface area contributed by atoms with Crippen molar-refractivity contribution in [3.05, 3.63) is 75.4 Å². The molecule has 0 saturated heterocycles. The van der Waals surface area contributed by atoms with Gasteiger partial charge < -0.3 is 15.4 Å². The van der Waals surface area contributed by atoms with Crippen molar-refractivity contribution >= 4 is 17.8 Å². The second-order valence-electron chi connectivity index (χ2n) is 11.8. The number of ether oxygens (including phenoxy) is 1. The van der Waals surface area contributed by atoms with Gasteiger partial charge in [-0.15, -0.1) is 0 Å². The summed E-state index contributed by atoms with van der Waals surface area (Å²) in [5.41, 5.74) is 0.352. The third-order valence-corrected chi connectivity index (χ3v) is 7.13. The molecule has 0 radical (unpaired) electrons. The van der Waals surface area contributed by atoms with Gasteiger partial charge in [-0.1, -0.05) is 24.3 Å². The molecule has 1 aliphatic heterocycles. The van der Waals surface area contributed by atoms with Gasteiger partial charge in [0.25, 0.3) is 0 Å². The van der Waals surface area contributed by atoms with Crippen molar-refractivity contribution in [1.82, 2.24) is 10.6 Å². The lowest BCUT2D eigenvalue weighted by Crippen LogP contribution is -2.42. The van der Waals surface area contributed by atoms with E-state index in [0.29, 0.717) is 17.7 Å². The van der Waals surface area contributed by atoms with Gasteiger partial charge in [-0.25, -0.2) is 18.0 Å². The summed E-state index contributed by atoms with van der Waals surface area (Å²) >= 11 is 0. The van der Waals surface area contributed by atoms with Gasteiger partial charge in [-0.3, -0.25) is 9.59 Å². The van der Waals surface area contributed by atoms with Gasteiger partial charge in [0.1, 0.15) is 17.2 Å². The van der Waals surface area contributed by atoms with Crippen LogP contribution in [0.1, 0.15) is 69.2 Å². The maximum atomic E-state index is 14.5. The average Bonchev–Trinajstić information content (AvgIpc) is 3.69. The Bertz CT molecular complexity index is 1340. The molecule has 1 saturated carbocycles. The molecule has 8 nitrogen and oxygen atoms in total. The Morgan fingerprint density at radius 1 is 1.05 bits per heavy atom. The van der Waals surface area contributed by atoms with Crippen molar-refractivity contribution in [2.24, 2.45) is 5.92 Å². The van der Waals surface area contributed by atoms with Crippen LogP contribution in [0, 0.1) is 28.3 Å². The maximum Gasteiger partial charge on any atom is 0.407 e. The number of Topliss-reactive ketones (excluding diaryl/α,β-unsaturated/α-hetero) is 1. The van der Waals surface area contributed by atoms with E-state index >= 15 is 0 Å². The predicted molar refractivity (Wildman–Crippen MR) is 143 cm³/mol. The molecule has 2 amide bonds. The summed E-state index contributed by atoms with van der Waals surface area (Å²) in [5.74, 6) is -5.03. The van der Waals surface area contributed by atoms with Crippen molar-refractivity contribution in [2.45, 2.75) is 83.0 Å². The Labute approximate surface area is 236 Å². The van der Waals surface area contributed by atoms with Crippen molar-refractivity contribution in [2.75, 3.05) is 6.54 Å². The molecule has 41 heavy (non-hydrogen) atoms. The lowest BCUT2D eigenvalue weighted by Gasteiger charge is -2.24. The highest BCUT2D eigenvalue weighted by atomic mass is 19.2. The number of hydrogen-bond acceptors (Lipinski definition) is 5. The molecule has 2 aromatic carbocycles. The number of amides is 2. The molecule has 2 aliphatic rings. The van der Waals surface area contributed by atoms with Gasteiger partial charge in [0, 0.05) is 39.8 Å². The predicted octanol–water partition coefficient (Wildman–Crippen LogP) is 4.86. The quantitative estimate of drug-likeness (QED) is 0.329. The molecule has 1 heterocycles. The van der Waals surface area contributed by atoms with Crippen LogP contribution in [0.4, 0.5) is 18.0 Å². The second kappa shape index (κ2) is 12.4. The molecular formula is C30H35F3N3O5+. The Hall–Kier alpha value is -3.76. The largest absolute Gasteiger partial charge is 0.444 e. The van der Waals surface area contributed by atoms with Crippen molar-refractivity contribution in [3.63, 3.8) is 0 Å². The van der Waals surface area contributed by atoms with Gasteiger partial charge in [-0.2, -0.15) is 0 Å². The van der Waals surface area contributed by atoms with Crippen LogP contribution in [0.15, 0.2) is 36.4 Å². The maximum absolute atomic E-state index is 14.5. The number of halogens is 3. The molecule has 3 unspecified atom stereocenters. The standard InChI is InChI=1S/C30H34F3N3O5/c1-30(2,3)41-29(39)35-21(11-18-12-24(32)25(33)14-23(18)31)13-27(37)19-10-17-6-4-5-7-22(17)26(36(40)16-19)15-28(38)34-20-8-9-20/h4-7,12,14,19-21,26H,8-11,13,15-16H2,1-3H3,(H-,34,35,38,39)/p+1. The van der Waals surface area contributed by atoms with Crippen LogP contribution < -0.4 is 10.6 Å². The fourth-order valence-electron chi connectivity index (χ4n) is 5.04. The third-order valence-electron chi connectivity index (χ3n) is 7.13. The first-order chi connectivity index (χ1) is 19.3. The number of alkyl carbamates (subject to hydrolysis) is 1. The fourth-order valence-corrected chi connectivity index (χ4v) is 5.04. The highest BCUT2D eigenvalue weighted by molar-refractivity contribution is 5.83. The lowest BCUT2D eigenvalue weighted by atomic mass is 9.89. The highest BCUT2D eigenvalue weighted by Crippen LogP contribution is 2.32. The normalized spacial score (nSPS) is 19.5. The minimum absolute atomic E-state index is 0.0455. The van der Waals surface area contributed by atoms with Crippen LogP contribution >= 0.6 is 0 Å². The number of fused-ring (bicyclic) bond motifs is 1. The number of carbonyl (C=O) groups excluding carboxylic acids is 3. The molecule has 0 bridgehead atoms. The van der Waals surface area contributed by atoms with E-state index in [-0.39, 0.29) is 55.5 Å². The third kappa shape index (κ3) is 8.37. The monoisotopic (exact) mass is 574 g/mol.